The van der Waals surface area contributed by atoms with Crippen LogP contribution in [0.5, 0.6) is 0 Å². The zero-order valence-corrected chi connectivity index (χ0v) is 8.52. The van der Waals surface area contributed by atoms with Gasteiger partial charge in [0.1, 0.15) is 0 Å². The van der Waals surface area contributed by atoms with Crippen molar-refractivity contribution in [2.75, 3.05) is 13.1 Å². The van der Waals surface area contributed by atoms with Gasteiger partial charge in [-0.25, -0.2) is 0 Å². The first-order valence-electron chi connectivity index (χ1n) is 2.27. The topological polar surface area (TPSA) is 14.1 Å². The van der Waals surface area contributed by atoms with E-state index in [2.05, 4.69) is 18.5 Å². The molecule has 0 aliphatic rings. The van der Waals surface area contributed by atoms with Gasteiger partial charge in [-0.15, -0.1) is 38.4 Å². The number of hydrogen-bond donors (Lipinski definition) is 0. The van der Waals surface area contributed by atoms with Crippen molar-refractivity contribution in [2.45, 2.75) is 0 Å². The van der Waals surface area contributed by atoms with E-state index in [1.165, 1.54) is 0 Å². The molecule has 8 heavy (non-hydrogen) atoms. The average Bonchev–Trinajstić information content (AvgIpc) is 1.69. The summed E-state index contributed by atoms with van der Waals surface area (Å²) in [5.74, 6) is 0. The monoisotopic (exact) mass is 276 g/mol. The quantitative estimate of drug-likeness (QED) is 0.421. The smallest absolute Gasteiger partial charge is 0 e. The Morgan fingerprint density at radius 2 is 1.50 bits per heavy atom. The first kappa shape index (κ1) is 11.2. The molecule has 0 rings (SSSR count). The van der Waals surface area contributed by atoms with Gasteiger partial charge in [0.05, 0.1) is 0 Å². The van der Waals surface area contributed by atoms with Gasteiger partial charge in [-0.05, 0) is 0 Å². The molecule has 0 amide bonds. The second-order valence-corrected chi connectivity index (χ2v) is 1.17. The fraction of sp³-hybridized carbons (Fsp3) is 0.333. The summed E-state index contributed by atoms with van der Waals surface area (Å²) in [6.45, 7) is 8.49. The van der Waals surface area contributed by atoms with Crippen molar-refractivity contribution in [3.63, 3.8) is 0 Å². The second kappa shape index (κ2) is 10.3. The van der Waals surface area contributed by atoms with E-state index in [4.69, 9.17) is 0 Å². The van der Waals surface area contributed by atoms with Crippen LogP contribution in [0.15, 0.2) is 25.3 Å². The Morgan fingerprint density at radius 3 is 1.75 bits per heavy atom. The molecule has 0 aliphatic carbocycles. The van der Waals surface area contributed by atoms with Crippen LogP contribution >= 0.6 is 0 Å². The zero-order chi connectivity index (χ0) is 5.54. The summed E-state index contributed by atoms with van der Waals surface area (Å²) in [6.07, 6.45) is 3.53. The molecule has 44 valence electrons. The fourth-order valence-electron chi connectivity index (χ4n) is 0.257. The minimum atomic E-state index is 0. The van der Waals surface area contributed by atoms with Crippen molar-refractivity contribution in [3.8, 4) is 0 Å². The van der Waals surface area contributed by atoms with Gasteiger partial charge in [-0.3, -0.25) is 0 Å². The van der Waals surface area contributed by atoms with Crippen LogP contribution in [0.3, 0.4) is 0 Å². The van der Waals surface area contributed by atoms with Gasteiger partial charge in [0.25, 0.3) is 0 Å². The van der Waals surface area contributed by atoms with Crippen LogP contribution < -0.4 is 0 Å². The molecule has 0 aromatic carbocycles. The maximum atomic E-state index is 3.97. The summed E-state index contributed by atoms with van der Waals surface area (Å²) >= 11 is 0. The largest absolute Gasteiger partial charge is 0.656 e. The van der Waals surface area contributed by atoms with Gasteiger partial charge in [-0.2, -0.15) is 0 Å². The first-order chi connectivity index (χ1) is 3.41. The maximum Gasteiger partial charge on any atom is 0 e. The number of rotatable bonds is 4. The van der Waals surface area contributed by atoms with Crippen molar-refractivity contribution in [1.82, 2.24) is 0 Å². The van der Waals surface area contributed by atoms with E-state index in [9.17, 15) is 0 Å². The molecule has 0 heterocycles. The minimum Gasteiger partial charge on any atom is -0.656 e. The standard InChI is InChI=1S/C6H10N.Hf/c1-3-5-7-6-4-2;/h3-4H,1-2,5-6H2;/q-1;. The summed E-state index contributed by atoms with van der Waals surface area (Å²) in [5, 5.41) is 3.97. The third-order valence-corrected chi connectivity index (χ3v) is 0.516. The molecule has 1 nitrogen and oxygen atoms in total. The average molecular weight is 275 g/mol. The normalized spacial score (nSPS) is 7.00. The molecule has 0 radical (unpaired) electrons. The third-order valence-electron chi connectivity index (χ3n) is 0.516. The Hall–Kier alpha value is 0.310. The van der Waals surface area contributed by atoms with Gasteiger partial charge >= 0.3 is 0 Å². The Bertz CT molecular complexity index is 53.5. The molecule has 0 aromatic rings. The van der Waals surface area contributed by atoms with Gasteiger partial charge in [0.2, 0.25) is 0 Å². The van der Waals surface area contributed by atoms with Crippen molar-refractivity contribution < 1.29 is 25.8 Å². The molecule has 0 unspecified atom stereocenters. The Labute approximate surface area is 69.6 Å². The molecule has 0 N–H and O–H groups in total. The van der Waals surface area contributed by atoms with Gasteiger partial charge in [0.15, 0.2) is 0 Å². The van der Waals surface area contributed by atoms with Crippen LogP contribution in [-0.2, 0) is 25.8 Å². The van der Waals surface area contributed by atoms with Crippen LogP contribution in [0, 0.1) is 0 Å². The van der Waals surface area contributed by atoms with E-state index in [0.29, 0.717) is 0 Å². The Kier molecular flexibility index (Phi) is 14.4. The van der Waals surface area contributed by atoms with Crippen molar-refractivity contribution >= 4 is 0 Å². The van der Waals surface area contributed by atoms with Crippen LogP contribution in [0.1, 0.15) is 0 Å². The molecule has 0 spiro atoms. The fourth-order valence-corrected chi connectivity index (χ4v) is 0.257. The Morgan fingerprint density at radius 1 is 1.12 bits per heavy atom. The predicted molar refractivity (Wildman–Crippen MR) is 33.5 cm³/mol. The van der Waals surface area contributed by atoms with E-state index >= 15 is 0 Å². The second-order valence-electron chi connectivity index (χ2n) is 1.17. The summed E-state index contributed by atoms with van der Waals surface area (Å²) in [5.41, 5.74) is 0. The van der Waals surface area contributed by atoms with E-state index in [-0.39, 0.29) is 25.8 Å². The molecular formula is C6H10HfN-. The third kappa shape index (κ3) is 9.58. The molecular weight excluding hydrogens is 265 g/mol. The molecule has 0 atom stereocenters. The van der Waals surface area contributed by atoms with Crippen molar-refractivity contribution in [2.24, 2.45) is 0 Å². The molecule has 0 aromatic heterocycles. The van der Waals surface area contributed by atoms with Gasteiger partial charge in [-0.1, -0.05) is 0 Å². The summed E-state index contributed by atoms with van der Waals surface area (Å²) in [4.78, 5) is 0. The van der Waals surface area contributed by atoms with Crippen molar-refractivity contribution in [3.05, 3.63) is 30.6 Å². The SMILES string of the molecule is C=CC[N-]CC=C.[Hf]. The number of hydrogen-bond acceptors (Lipinski definition) is 0. The Balaban J connectivity index is 0. The van der Waals surface area contributed by atoms with Crippen LogP contribution in [-0.4, -0.2) is 13.1 Å². The zero-order valence-electron chi connectivity index (χ0n) is 4.93. The van der Waals surface area contributed by atoms with Crippen molar-refractivity contribution in [1.29, 1.82) is 0 Å². The van der Waals surface area contributed by atoms with Crippen LogP contribution in [0.2, 0.25) is 0 Å². The molecule has 0 saturated heterocycles. The maximum absolute atomic E-state index is 3.97. The molecule has 0 fully saturated rings. The number of nitrogens with zero attached hydrogens (tertiary/aromatic N) is 1. The van der Waals surface area contributed by atoms with E-state index < -0.39 is 0 Å². The minimum absolute atomic E-state index is 0. The molecule has 0 saturated carbocycles. The van der Waals surface area contributed by atoms with Gasteiger partial charge in [0, 0.05) is 25.8 Å². The van der Waals surface area contributed by atoms with Crippen LogP contribution in [0.4, 0.5) is 0 Å². The van der Waals surface area contributed by atoms with Crippen LogP contribution in [0.25, 0.3) is 5.32 Å². The summed E-state index contributed by atoms with van der Waals surface area (Å²) in [6, 6.07) is 0. The van der Waals surface area contributed by atoms with Gasteiger partial charge < -0.3 is 5.32 Å². The van der Waals surface area contributed by atoms with E-state index in [1.807, 2.05) is 0 Å². The predicted octanol–water partition coefficient (Wildman–Crippen LogP) is 1.73. The molecule has 0 bridgehead atoms. The van der Waals surface area contributed by atoms with E-state index in [0.717, 1.165) is 13.1 Å². The summed E-state index contributed by atoms with van der Waals surface area (Å²) < 4.78 is 0. The summed E-state index contributed by atoms with van der Waals surface area (Å²) in [7, 11) is 0. The van der Waals surface area contributed by atoms with E-state index in [1.54, 1.807) is 12.2 Å². The first-order valence-corrected chi connectivity index (χ1v) is 2.27. The molecule has 2 heteroatoms. The molecule has 0 aliphatic heterocycles.